The highest BCUT2D eigenvalue weighted by molar-refractivity contribution is 7.16. The lowest BCUT2D eigenvalue weighted by molar-refractivity contribution is 0.0955. The molecule has 25 heavy (non-hydrogen) atoms. The number of aryl methyl sites for hydroxylation is 1. The van der Waals surface area contributed by atoms with E-state index >= 15 is 0 Å². The van der Waals surface area contributed by atoms with Crippen molar-refractivity contribution < 1.29 is 4.79 Å². The highest BCUT2D eigenvalue weighted by atomic mass is 32.1. The minimum atomic E-state index is -0.0315. The number of carbonyl (C=O) groups excluding carboxylic acids is 1. The summed E-state index contributed by atoms with van der Waals surface area (Å²) in [6, 6.07) is 22.3. The Morgan fingerprint density at radius 1 is 1.00 bits per heavy atom. The molecule has 4 heteroatoms. The van der Waals surface area contributed by atoms with E-state index in [4.69, 9.17) is 0 Å². The summed E-state index contributed by atoms with van der Waals surface area (Å²) in [5, 5.41) is 5.25. The van der Waals surface area contributed by atoms with Crippen LogP contribution in [0, 0.1) is 6.92 Å². The van der Waals surface area contributed by atoms with E-state index < -0.39 is 0 Å². The maximum absolute atomic E-state index is 12.5. The van der Waals surface area contributed by atoms with Crippen LogP contribution in [0.25, 0.3) is 15.9 Å². The van der Waals surface area contributed by atoms with Crippen molar-refractivity contribution in [2.24, 2.45) is 0 Å². The van der Waals surface area contributed by atoms with Crippen LogP contribution < -0.4 is 5.32 Å². The van der Waals surface area contributed by atoms with Gasteiger partial charge in [0.25, 0.3) is 5.91 Å². The second kappa shape index (κ2) is 6.57. The van der Waals surface area contributed by atoms with Gasteiger partial charge in [0.1, 0.15) is 5.00 Å². The van der Waals surface area contributed by atoms with Crippen LogP contribution in [-0.4, -0.2) is 10.5 Å². The average Bonchev–Trinajstić information content (AvgIpc) is 3.27. The molecule has 1 N–H and O–H groups in total. The normalized spacial score (nSPS) is 10.9. The van der Waals surface area contributed by atoms with Crippen LogP contribution in [0.3, 0.4) is 0 Å². The van der Waals surface area contributed by atoms with E-state index in [9.17, 15) is 4.79 Å². The van der Waals surface area contributed by atoms with Crippen LogP contribution in [0.15, 0.2) is 72.9 Å². The molecule has 0 fully saturated rings. The summed E-state index contributed by atoms with van der Waals surface area (Å²) >= 11 is 1.50. The quantitative estimate of drug-likeness (QED) is 0.558. The van der Waals surface area contributed by atoms with Gasteiger partial charge in [-0.15, -0.1) is 11.3 Å². The molecule has 3 nitrogen and oxygen atoms in total. The Morgan fingerprint density at radius 3 is 2.68 bits per heavy atom. The van der Waals surface area contributed by atoms with E-state index in [1.807, 2.05) is 48.7 Å². The lowest BCUT2D eigenvalue weighted by atomic mass is 10.1. The van der Waals surface area contributed by atoms with Crippen LogP contribution in [0.2, 0.25) is 0 Å². The molecule has 0 atom stereocenters. The standard InChI is InChI=1S/C21H18N2OS/c1-15-6-2-3-8-17(15)14-22-21(24)19-10-11-20(25-19)23-13-12-16-7-4-5-9-18(16)23/h2-13H,14H2,1H3,(H,22,24). The predicted octanol–water partition coefficient (Wildman–Crippen LogP) is 4.93. The lowest BCUT2D eigenvalue weighted by Crippen LogP contribution is -2.22. The number of fused-ring (bicyclic) bond motifs is 1. The van der Waals surface area contributed by atoms with Gasteiger partial charge in [0.05, 0.1) is 10.4 Å². The van der Waals surface area contributed by atoms with E-state index in [1.54, 1.807) is 0 Å². The first-order valence-corrected chi connectivity index (χ1v) is 9.03. The molecule has 4 rings (SSSR count). The van der Waals surface area contributed by atoms with Gasteiger partial charge in [-0.05, 0) is 47.7 Å². The largest absolute Gasteiger partial charge is 0.347 e. The Kier molecular flexibility index (Phi) is 4.12. The molecule has 0 bridgehead atoms. The summed E-state index contributed by atoms with van der Waals surface area (Å²) < 4.78 is 2.12. The minimum absolute atomic E-state index is 0.0315. The van der Waals surface area contributed by atoms with Crippen LogP contribution in [0.5, 0.6) is 0 Å². The molecule has 0 saturated carbocycles. The Hall–Kier alpha value is -2.85. The number of aromatic nitrogens is 1. The molecule has 1 amide bonds. The number of thiophene rings is 1. The van der Waals surface area contributed by atoms with Crippen LogP contribution in [-0.2, 0) is 6.54 Å². The fourth-order valence-corrected chi connectivity index (χ4v) is 3.85. The summed E-state index contributed by atoms with van der Waals surface area (Å²) in [5.41, 5.74) is 3.48. The van der Waals surface area contributed by atoms with Crippen molar-refractivity contribution in [3.63, 3.8) is 0 Å². The summed E-state index contributed by atoms with van der Waals surface area (Å²) in [6.45, 7) is 2.60. The van der Waals surface area contributed by atoms with Crippen molar-refractivity contribution in [2.75, 3.05) is 0 Å². The molecule has 0 aliphatic carbocycles. The molecule has 2 aromatic carbocycles. The third-order valence-corrected chi connectivity index (χ3v) is 5.44. The predicted molar refractivity (Wildman–Crippen MR) is 104 cm³/mol. The number of rotatable bonds is 4. The number of benzene rings is 2. The van der Waals surface area contributed by atoms with Gasteiger partial charge in [-0.25, -0.2) is 0 Å². The molecule has 0 unspecified atom stereocenters. The Labute approximate surface area is 150 Å². The smallest absolute Gasteiger partial charge is 0.261 e. The zero-order chi connectivity index (χ0) is 17.2. The Balaban J connectivity index is 1.53. The average molecular weight is 346 g/mol. The molecule has 0 aliphatic rings. The number of amides is 1. The van der Waals surface area contributed by atoms with E-state index in [0.29, 0.717) is 6.54 Å². The number of hydrogen-bond acceptors (Lipinski definition) is 2. The zero-order valence-corrected chi connectivity index (χ0v) is 14.7. The summed E-state index contributed by atoms with van der Waals surface area (Å²) in [6.07, 6.45) is 2.05. The third kappa shape index (κ3) is 3.08. The van der Waals surface area contributed by atoms with E-state index in [2.05, 4.69) is 41.1 Å². The summed E-state index contributed by atoms with van der Waals surface area (Å²) in [5.74, 6) is -0.0315. The van der Waals surface area contributed by atoms with Crippen LogP contribution >= 0.6 is 11.3 Å². The molecular weight excluding hydrogens is 328 g/mol. The maximum Gasteiger partial charge on any atom is 0.261 e. The summed E-state index contributed by atoms with van der Waals surface area (Å²) in [7, 11) is 0. The SMILES string of the molecule is Cc1ccccc1CNC(=O)c1ccc(-n2ccc3ccccc32)s1. The van der Waals surface area contributed by atoms with Crippen LogP contribution in [0.1, 0.15) is 20.8 Å². The van der Waals surface area contributed by atoms with Gasteiger partial charge in [-0.3, -0.25) is 4.79 Å². The molecule has 0 saturated heterocycles. The van der Waals surface area contributed by atoms with Crippen molar-refractivity contribution >= 4 is 28.1 Å². The van der Waals surface area contributed by atoms with E-state index in [1.165, 1.54) is 22.3 Å². The number of para-hydroxylation sites is 1. The van der Waals surface area contributed by atoms with Crippen molar-refractivity contribution in [3.05, 3.63) is 88.9 Å². The second-order valence-corrected chi connectivity index (χ2v) is 7.05. The topological polar surface area (TPSA) is 34.0 Å². The van der Waals surface area contributed by atoms with Gasteiger partial charge in [-0.1, -0.05) is 42.5 Å². The fourth-order valence-electron chi connectivity index (χ4n) is 2.93. The van der Waals surface area contributed by atoms with Crippen molar-refractivity contribution in [1.82, 2.24) is 9.88 Å². The number of hydrogen-bond donors (Lipinski definition) is 1. The van der Waals surface area contributed by atoms with Crippen LogP contribution in [0.4, 0.5) is 0 Å². The van der Waals surface area contributed by atoms with Gasteiger partial charge < -0.3 is 9.88 Å². The Bertz CT molecular complexity index is 1040. The first-order chi connectivity index (χ1) is 12.2. The number of nitrogens with one attached hydrogen (secondary N) is 1. The minimum Gasteiger partial charge on any atom is -0.347 e. The summed E-state index contributed by atoms with van der Waals surface area (Å²) in [4.78, 5) is 13.2. The van der Waals surface area contributed by atoms with Crippen molar-refractivity contribution in [2.45, 2.75) is 13.5 Å². The molecule has 4 aromatic rings. The number of nitrogens with zero attached hydrogens (tertiary/aromatic N) is 1. The van der Waals surface area contributed by atoms with E-state index in [0.717, 1.165) is 21.0 Å². The zero-order valence-electron chi connectivity index (χ0n) is 13.9. The van der Waals surface area contributed by atoms with Gasteiger partial charge >= 0.3 is 0 Å². The first-order valence-electron chi connectivity index (χ1n) is 8.21. The van der Waals surface area contributed by atoms with Gasteiger partial charge in [0.2, 0.25) is 0 Å². The van der Waals surface area contributed by atoms with Crippen molar-refractivity contribution in [1.29, 1.82) is 0 Å². The molecule has 0 spiro atoms. The Morgan fingerprint density at radius 2 is 1.80 bits per heavy atom. The maximum atomic E-state index is 12.5. The monoisotopic (exact) mass is 346 g/mol. The molecular formula is C21H18N2OS. The highest BCUT2D eigenvalue weighted by Crippen LogP contribution is 2.26. The molecule has 0 aliphatic heterocycles. The third-order valence-electron chi connectivity index (χ3n) is 4.35. The highest BCUT2D eigenvalue weighted by Gasteiger charge is 2.11. The fraction of sp³-hybridized carbons (Fsp3) is 0.0952. The molecule has 124 valence electrons. The molecule has 0 radical (unpaired) electrons. The van der Waals surface area contributed by atoms with Gasteiger partial charge in [0.15, 0.2) is 0 Å². The van der Waals surface area contributed by atoms with Gasteiger partial charge in [-0.2, -0.15) is 0 Å². The van der Waals surface area contributed by atoms with Gasteiger partial charge in [0, 0.05) is 12.7 Å². The van der Waals surface area contributed by atoms with E-state index in [-0.39, 0.29) is 5.91 Å². The number of carbonyl (C=O) groups is 1. The molecule has 2 heterocycles. The lowest BCUT2D eigenvalue weighted by Gasteiger charge is -2.06. The second-order valence-electron chi connectivity index (χ2n) is 5.99. The molecule has 2 aromatic heterocycles. The first kappa shape index (κ1) is 15.7. The van der Waals surface area contributed by atoms with Crippen molar-refractivity contribution in [3.8, 4) is 5.00 Å².